The Kier molecular flexibility index (Phi) is 9.50. The average molecular weight is 616 g/mol. The van der Waals surface area contributed by atoms with Crippen molar-refractivity contribution < 1.29 is 27.5 Å². The highest BCUT2D eigenvalue weighted by Crippen LogP contribution is 2.38. The van der Waals surface area contributed by atoms with Crippen molar-refractivity contribution >= 4 is 44.6 Å². The van der Waals surface area contributed by atoms with Crippen LogP contribution in [0, 0.1) is 11.7 Å². The van der Waals surface area contributed by atoms with E-state index in [-0.39, 0.29) is 58.1 Å². The summed E-state index contributed by atoms with van der Waals surface area (Å²) >= 11 is 6.61. The number of nitrogens with zero attached hydrogens (tertiary/aromatic N) is 2. The molecule has 0 fully saturated rings. The maximum Gasteiger partial charge on any atom is 0.255 e. The van der Waals surface area contributed by atoms with Gasteiger partial charge in [0.05, 0.1) is 28.7 Å². The molecule has 0 spiro atoms. The lowest BCUT2D eigenvalue weighted by atomic mass is 10.00. The Morgan fingerprint density at radius 2 is 1.79 bits per heavy atom. The number of rotatable bonds is 11. The molecule has 0 radical (unpaired) electrons. The van der Waals surface area contributed by atoms with Crippen molar-refractivity contribution in [1.29, 1.82) is 0 Å². The van der Waals surface area contributed by atoms with Crippen LogP contribution < -0.4 is 15.4 Å². The first kappa shape index (κ1) is 30.9. The number of aliphatic hydroxyl groups is 1. The summed E-state index contributed by atoms with van der Waals surface area (Å²) in [5, 5.41) is 19.4. The smallest absolute Gasteiger partial charge is 0.255 e. The fourth-order valence-corrected chi connectivity index (χ4v) is 5.63. The van der Waals surface area contributed by atoms with Crippen LogP contribution in [-0.4, -0.2) is 60.9 Å². The van der Waals surface area contributed by atoms with Crippen molar-refractivity contribution in [1.82, 2.24) is 20.2 Å². The van der Waals surface area contributed by atoms with Crippen molar-refractivity contribution in [2.45, 2.75) is 20.3 Å². The van der Waals surface area contributed by atoms with Gasteiger partial charge in [-0.1, -0.05) is 25.4 Å². The van der Waals surface area contributed by atoms with Gasteiger partial charge in [0, 0.05) is 47.5 Å². The Balaban J connectivity index is 1.98. The topological polar surface area (TPSA) is 142 Å². The zero-order valence-corrected chi connectivity index (χ0v) is 24.8. The number of fused-ring (bicyclic) bond motifs is 1. The predicted molar refractivity (Wildman–Crippen MR) is 161 cm³/mol. The Labute approximate surface area is 247 Å². The van der Waals surface area contributed by atoms with Crippen molar-refractivity contribution in [2.75, 3.05) is 30.7 Å². The van der Waals surface area contributed by atoms with Gasteiger partial charge in [-0.25, -0.2) is 17.3 Å². The third-order valence-corrected chi connectivity index (χ3v) is 8.05. The zero-order chi connectivity index (χ0) is 30.6. The zero-order valence-electron chi connectivity index (χ0n) is 23.2. The lowest BCUT2D eigenvalue weighted by molar-refractivity contribution is 0.0945. The van der Waals surface area contributed by atoms with E-state index in [1.165, 1.54) is 48.1 Å². The highest BCUT2D eigenvalue weighted by atomic mass is 35.5. The maximum atomic E-state index is 13.7. The average Bonchev–Trinajstić information content (AvgIpc) is 3.32. The number of pyridine rings is 1. The molecule has 0 aliphatic heterocycles. The van der Waals surface area contributed by atoms with Crippen molar-refractivity contribution in [2.24, 2.45) is 5.92 Å². The molecule has 4 aromatic rings. The highest BCUT2D eigenvalue weighted by molar-refractivity contribution is 7.92. The van der Waals surface area contributed by atoms with E-state index in [0.717, 1.165) is 0 Å². The van der Waals surface area contributed by atoms with Crippen molar-refractivity contribution in [3.05, 3.63) is 76.7 Å². The molecule has 2 aromatic carbocycles. The van der Waals surface area contributed by atoms with Gasteiger partial charge in [0.15, 0.2) is 0 Å². The second kappa shape index (κ2) is 12.9. The number of nitrogens with one attached hydrogen (secondary N) is 3. The van der Waals surface area contributed by atoms with Crippen LogP contribution in [0.2, 0.25) is 5.02 Å². The number of halogens is 2. The molecule has 42 heavy (non-hydrogen) atoms. The molecule has 4 rings (SSSR count). The molecule has 0 atom stereocenters. The largest absolute Gasteiger partial charge is 0.396 e. The molecule has 0 bridgehead atoms. The summed E-state index contributed by atoms with van der Waals surface area (Å²) in [6.45, 7) is 4.07. The number of sulfonamides is 1. The van der Waals surface area contributed by atoms with Crippen molar-refractivity contribution in [3.8, 4) is 22.4 Å². The quantitative estimate of drug-likeness (QED) is 0.198. The molecule has 10 nitrogen and oxygen atoms in total. The summed E-state index contributed by atoms with van der Waals surface area (Å²) in [7, 11) is -2.47. The van der Waals surface area contributed by atoms with E-state index < -0.39 is 21.7 Å². The van der Waals surface area contributed by atoms with Crippen LogP contribution in [0.1, 0.15) is 41.0 Å². The number of carbonyl (C=O) groups excluding carboxylic acids is 2. The summed E-state index contributed by atoms with van der Waals surface area (Å²) in [4.78, 5) is 26.0. The minimum atomic E-state index is -3.93. The van der Waals surface area contributed by atoms with Crippen LogP contribution in [0.3, 0.4) is 0 Å². The van der Waals surface area contributed by atoms with Gasteiger partial charge in [-0.05, 0) is 60.9 Å². The number of amides is 2. The monoisotopic (exact) mass is 615 g/mol. The van der Waals surface area contributed by atoms with Crippen LogP contribution in [0.4, 0.5) is 10.1 Å². The molecule has 2 aromatic heterocycles. The molecule has 2 amide bonds. The van der Waals surface area contributed by atoms with Crippen LogP contribution >= 0.6 is 11.6 Å². The van der Waals surface area contributed by atoms with Gasteiger partial charge in [-0.2, -0.15) is 5.10 Å². The Bertz CT molecular complexity index is 1740. The standard InChI is InChI=1S/C29H31ClFN5O5S/c1-17(2)15-33-28(38)19-7-10-23(30)21(13-19)22-14-25-26(29(39)32-3)27(18-5-8-20(31)9-6-18)34-36(25)16-24(22)35-42(40,41)12-4-11-37/h5-10,13-14,16-17,35,37H,4,11-12,15H2,1-3H3,(H,32,39)(H,33,38). The van der Waals surface area contributed by atoms with E-state index in [9.17, 15) is 27.5 Å². The number of carbonyl (C=O) groups is 2. The first-order valence-corrected chi connectivity index (χ1v) is 15.2. The molecular formula is C29H31ClFN5O5S. The Morgan fingerprint density at radius 1 is 1.07 bits per heavy atom. The third kappa shape index (κ3) is 6.89. The van der Waals surface area contributed by atoms with E-state index in [2.05, 4.69) is 20.5 Å². The van der Waals surface area contributed by atoms with Crippen LogP contribution in [-0.2, 0) is 10.0 Å². The van der Waals surface area contributed by atoms with Gasteiger partial charge in [0.2, 0.25) is 10.0 Å². The van der Waals surface area contributed by atoms with E-state index in [1.807, 2.05) is 13.8 Å². The fourth-order valence-electron chi connectivity index (χ4n) is 4.30. The molecule has 0 aliphatic carbocycles. The second-order valence-electron chi connectivity index (χ2n) is 10.0. The van der Waals surface area contributed by atoms with Crippen molar-refractivity contribution in [3.63, 3.8) is 0 Å². The maximum absolute atomic E-state index is 13.7. The number of anilines is 1. The molecule has 0 unspecified atom stereocenters. The van der Waals surface area contributed by atoms with Gasteiger partial charge in [-0.3, -0.25) is 14.3 Å². The van der Waals surface area contributed by atoms with Crippen LogP contribution in [0.15, 0.2) is 54.7 Å². The van der Waals surface area contributed by atoms with Gasteiger partial charge in [-0.15, -0.1) is 0 Å². The Morgan fingerprint density at radius 3 is 2.43 bits per heavy atom. The lowest BCUT2D eigenvalue weighted by Gasteiger charge is -2.16. The predicted octanol–water partition coefficient (Wildman–Crippen LogP) is 4.33. The normalized spacial score (nSPS) is 11.6. The lowest BCUT2D eigenvalue weighted by Crippen LogP contribution is -2.27. The number of aliphatic hydroxyl groups excluding tert-OH is 1. The van der Waals surface area contributed by atoms with Gasteiger partial charge in [0.1, 0.15) is 11.5 Å². The molecule has 2 heterocycles. The van der Waals surface area contributed by atoms with E-state index >= 15 is 0 Å². The molecule has 0 aliphatic rings. The molecule has 0 saturated carbocycles. The number of hydrogen-bond donors (Lipinski definition) is 4. The van der Waals surface area contributed by atoms with Crippen LogP contribution in [0.5, 0.6) is 0 Å². The first-order chi connectivity index (χ1) is 19.9. The van der Waals surface area contributed by atoms with E-state index in [1.54, 1.807) is 18.2 Å². The summed E-state index contributed by atoms with van der Waals surface area (Å²) in [6, 6.07) is 11.7. The molecule has 13 heteroatoms. The third-order valence-electron chi connectivity index (χ3n) is 6.37. The minimum Gasteiger partial charge on any atom is -0.396 e. The molecular weight excluding hydrogens is 585 g/mol. The summed E-state index contributed by atoms with van der Waals surface area (Å²) in [6.07, 6.45) is 1.42. The number of benzene rings is 2. The minimum absolute atomic E-state index is 0.0104. The summed E-state index contributed by atoms with van der Waals surface area (Å²) < 4.78 is 43.4. The molecule has 4 N–H and O–H groups in total. The number of hydrogen-bond acceptors (Lipinski definition) is 6. The van der Waals surface area contributed by atoms with E-state index in [0.29, 0.717) is 28.8 Å². The second-order valence-corrected chi connectivity index (χ2v) is 12.3. The first-order valence-electron chi connectivity index (χ1n) is 13.2. The van der Waals surface area contributed by atoms with Gasteiger partial charge >= 0.3 is 0 Å². The Hall–Kier alpha value is -4.00. The van der Waals surface area contributed by atoms with Gasteiger partial charge < -0.3 is 15.7 Å². The SMILES string of the molecule is CNC(=O)c1c(-c2ccc(F)cc2)nn2cc(NS(=O)(=O)CCCO)c(-c3cc(C(=O)NCC(C)C)ccc3Cl)cc12. The molecule has 0 saturated heterocycles. The summed E-state index contributed by atoms with van der Waals surface area (Å²) in [5.74, 6) is -1.39. The van der Waals surface area contributed by atoms with Crippen LogP contribution in [0.25, 0.3) is 27.9 Å². The molecule has 222 valence electrons. The van der Waals surface area contributed by atoms with E-state index in [4.69, 9.17) is 11.6 Å². The number of aromatic nitrogens is 2. The fraction of sp³-hybridized carbons (Fsp3) is 0.276. The summed E-state index contributed by atoms with van der Waals surface area (Å²) in [5.41, 5.74) is 2.20. The van der Waals surface area contributed by atoms with Gasteiger partial charge in [0.25, 0.3) is 11.8 Å². The highest BCUT2D eigenvalue weighted by Gasteiger charge is 2.24.